The number of fused-ring (bicyclic) bond motifs is 4. The summed E-state index contributed by atoms with van der Waals surface area (Å²) in [6, 6.07) is 67.5. The molecule has 0 radical (unpaired) electrons. The van der Waals surface area contributed by atoms with Crippen LogP contribution in [0.25, 0.3) is 77.9 Å². The van der Waals surface area contributed by atoms with Crippen LogP contribution in [0.4, 0.5) is 0 Å². The first-order valence-corrected chi connectivity index (χ1v) is 18.5. The number of rotatable bonds is 5. The Hall–Kier alpha value is -7.10. The first kappa shape index (κ1) is 30.5. The zero-order valence-electron chi connectivity index (χ0n) is 29.4. The lowest BCUT2D eigenvalue weighted by molar-refractivity contribution is 0.788. The average Bonchev–Trinajstić information content (AvgIpc) is 3.58. The molecule has 0 N–H and O–H groups in total. The van der Waals surface area contributed by atoms with Crippen molar-refractivity contribution in [3.8, 4) is 28.3 Å². The second-order valence-corrected chi connectivity index (χ2v) is 14.2. The minimum atomic E-state index is -0.462. The van der Waals surface area contributed by atoms with Gasteiger partial charge in [0.25, 0.3) is 0 Å². The molecule has 0 amide bonds. The number of hydrogen-bond donors (Lipinski definition) is 0. The van der Waals surface area contributed by atoms with Crippen molar-refractivity contribution in [3.63, 3.8) is 0 Å². The fraction of sp³-hybridized carbons (Fsp3) is 0.0196. The molecule has 1 aliphatic carbocycles. The zero-order chi connectivity index (χ0) is 35.6. The molecular weight excluding hydrogens is 655 g/mol. The van der Waals surface area contributed by atoms with Gasteiger partial charge in [-0.1, -0.05) is 164 Å². The second-order valence-electron chi connectivity index (χ2n) is 14.2. The normalized spacial score (nSPS) is 15.0. The maximum Gasteiger partial charge on any atom is 0.160 e. The van der Waals surface area contributed by atoms with Crippen LogP contribution in [0.15, 0.2) is 194 Å². The van der Waals surface area contributed by atoms with E-state index in [0.29, 0.717) is 5.82 Å². The zero-order valence-corrected chi connectivity index (χ0v) is 29.4. The van der Waals surface area contributed by atoms with Crippen molar-refractivity contribution < 1.29 is 0 Å². The third-order valence-corrected chi connectivity index (χ3v) is 11.2. The van der Waals surface area contributed by atoms with E-state index in [1.165, 1.54) is 43.8 Å². The van der Waals surface area contributed by atoms with Gasteiger partial charge in [0.2, 0.25) is 0 Å². The van der Waals surface area contributed by atoms with Crippen LogP contribution in [-0.2, 0) is 5.41 Å². The van der Waals surface area contributed by atoms with Gasteiger partial charge in [-0.3, -0.25) is 0 Å². The lowest BCUT2D eigenvalue weighted by Crippen LogP contribution is -2.29. The SMILES string of the molecule is C1=CC(c2ccccc2)(c2ccc3c(c2)c2ccccc2n3-c2cccc(-c3nc(-c4ccccc4)c4ccccc4n3)c2)c2cccc3cccc1c23. The number of aromatic nitrogens is 3. The molecule has 1 unspecified atom stereocenters. The number of nitrogens with zero attached hydrogens (tertiary/aromatic N) is 3. The van der Waals surface area contributed by atoms with Crippen LogP contribution in [0.1, 0.15) is 22.3 Å². The Bertz CT molecular complexity index is 3100. The lowest BCUT2D eigenvalue weighted by atomic mass is 9.65. The van der Waals surface area contributed by atoms with Crippen molar-refractivity contribution in [2.24, 2.45) is 0 Å². The maximum atomic E-state index is 5.19. The van der Waals surface area contributed by atoms with Gasteiger partial charge in [0.1, 0.15) is 0 Å². The largest absolute Gasteiger partial charge is 0.309 e. The molecule has 0 saturated heterocycles. The third-order valence-electron chi connectivity index (χ3n) is 11.2. The molecule has 8 aromatic carbocycles. The first-order chi connectivity index (χ1) is 26.8. The summed E-state index contributed by atoms with van der Waals surface area (Å²) in [7, 11) is 0. The van der Waals surface area contributed by atoms with Crippen LogP contribution < -0.4 is 0 Å². The van der Waals surface area contributed by atoms with Crippen molar-refractivity contribution in [1.29, 1.82) is 0 Å². The van der Waals surface area contributed by atoms with Crippen LogP contribution in [0, 0.1) is 0 Å². The molecule has 252 valence electrons. The topological polar surface area (TPSA) is 30.7 Å². The summed E-state index contributed by atoms with van der Waals surface area (Å²) in [5, 5.41) is 6.06. The molecule has 1 atom stereocenters. The fourth-order valence-corrected chi connectivity index (χ4v) is 8.82. The van der Waals surface area contributed by atoms with Crippen LogP contribution >= 0.6 is 0 Å². The van der Waals surface area contributed by atoms with E-state index in [4.69, 9.17) is 9.97 Å². The van der Waals surface area contributed by atoms with E-state index in [2.05, 4.69) is 193 Å². The van der Waals surface area contributed by atoms with Gasteiger partial charge in [-0.25, -0.2) is 9.97 Å². The highest BCUT2D eigenvalue weighted by Crippen LogP contribution is 2.49. The van der Waals surface area contributed by atoms with Crippen molar-refractivity contribution in [3.05, 3.63) is 216 Å². The number of allylic oxidation sites excluding steroid dienone is 1. The van der Waals surface area contributed by atoms with E-state index in [1.54, 1.807) is 0 Å². The summed E-state index contributed by atoms with van der Waals surface area (Å²) in [6.07, 6.45) is 4.73. The number of hydrogen-bond acceptors (Lipinski definition) is 2. The molecule has 1 aliphatic rings. The van der Waals surface area contributed by atoms with E-state index in [1.807, 2.05) is 12.1 Å². The summed E-state index contributed by atoms with van der Waals surface area (Å²) in [6.45, 7) is 0. The molecule has 0 fully saturated rings. The molecule has 3 nitrogen and oxygen atoms in total. The van der Waals surface area contributed by atoms with Crippen molar-refractivity contribution in [2.75, 3.05) is 0 Å². The predicted octanol–water partition coefficient (Wildman–Crippen LogP) is 12.6. The monoisotopic (exact) mass is 687 g/mol. The molecule has 0 spiro atoms. The quantitative estimate of drug-likeness (QED) is 0.180. The van der Waals surface area contributed by atoms with Gasteiger partial charge in [-0.05, 0) is 69.4 Å². The van der Waals surface area contributed by atoms with Crippen molar-refractivity contribution >= 4 is 49.6 Å². The van der Waals surface area contributed by atoms with E-state index in [-0.39, 0.29) is 0 Å². The van der Waals surface area contributed by atoms with E-state index >= 15 is 0 Å². The van der Waals surface area contributed by atoms with Crippen LogP contribution in [0.2, 0.25) is 0 Å². The van der Waals surface area contributed by atoms with E-state index < -0.39 is 5.41 Å². The molecule has 2 heterocycles. The average molecular weight is 688 g/mol. The minimum Gasteiger partial charge on any atom is -0.309 e. The van der Waals surface area contributed by atoms with E-state index in [9.17, 15) is 0 Å². The third kappa shape index (κ3) is 4.55. The summed E-state index contributed by atoms with van der Waals surface area (Å²) >= 11 is 0. The Morgan fingerprint density at radius 1 is 0.463 bits per heavy atom. The van der Waals surface area contributed by atoms with Crippen LogP contribution in [0.5, 0.6) is 0 Å². The predicted molar refractivity (Wildman–Crippen MR) is 224 cm³/mol. The highest BCUT2D eigenvalue weighted by molar-refractivity contribution is 6.10. The summed E-state index contributed by atoms with van der Waals surface area (Å²) in [4.78, 5) is 10.3. The Labute approximate surface area is 313 Å². The second kappa shape index (κ2) is 12.0. The van der Waals surface area contributed by atoms with E-state index in [0.717, 1.165) is 44.4 Å². The smallest absolute Gasteiger partial charge is 0.160 e. The fourth-order valence-electron chi connectivity index (χ4n) is 8.82. The molecule has 0 bridgehead atoms. The molecule has 10 aromatic rings. The van der Waals surface area contributed by atoms with Crippen LogP contribution in [0.3, 0.4) is 0 Å². The Morgan fingerprint density at radius 2 is 1.17 bits per heavy atom. The lowest BCUT2D eigenvalue weighted by Gasteiger charge is -2.37. The standard InChI is InChI=1S/C51H33N3/c1-3-14-36(15-4-1)49-42-24-7-9-26-45(42)52-50(53-49)37-19-12-22-40(32-37)54-46-27-10-8-23-41(46)43-33-39(28-29-47(43)54)51(38-20-5-2-6-21-38)31-30-35-17-11-16-34-18-13-25-44(51)48(34)35/h1-33H. The van der Waals surface area contributed by atoms with Crippen molar-refractivity contribution in [1.82, 2.24) is 14.5 Å². The highest BCUT2D eigenvalue weighted by atomic mass is 15.0. The minimum absolute atomic E-state index is 0.462. The molecular formula is C51H33N3. The molecule has 3 heteroatoms. The van der Waals surface area contributed by atoms with Gasteiger partial charge in [0.05, 0.1) is 27.7 Å². The van der Waals surface area contributed by atoms with Gasteiger partial charge < -0.3 is 4.57 Å². The molecule has 0 aliphatic heterocycles. The summed E-state index contributed by atoms with van der Waals surface area (Å²) in [5.41, 5.74) is 11.9. The summed E-state index contributed by atoms with van der Waals surface area (Å²) < 4.78 is 2.39. The Morgan fingerprint density at radius 3 is 2.04 bits per heavy atom. The maximum absolute atomic E-state index is 5.19. The number of benzene rings is 8. The molecule has 0 saturated carbocycles. The molecule has 11 rings (SSSR count). The summed E-state index contributed by atoms with van der Waals surface area (Å²) in [5.74, 6) is 0.709. The van der Waals surface area contributed by atoms with Crippen LogP contribution in [-0.4, -0.2) is 14.5 Å². The number of para-hydroxylation sites is 2. The molecule has 54 heavy (non-hydrogen) atoms. The van der Waals surface area contributed by atoms with Gasteiger partial charge in [0, 0.05) is 33.0 Å². The van der Waals surface area contributed by atoms with Gasteiger partial charge in [0.15, 0.2) is 5.82 Å². The highest BCUT2D eigenvalue weighted by Gasteiger charge is 2.38. The first-order valence-electron chi connectivity index (χ1n) is 18.5. The van der Waals surface area contributed by atoms with Gasteiger partial charge in [-0.2, -0.15) is 0 Å². The Kier molecular flexibility index (Phi) is 6.77. The van der Waals surface area contributed by atoms with Crippen molar-refractivity contribution in [2.45, 2.75) is 5.41 Å². The van der Waals surface area contributed by atoms with Gasteiger partial charge >= 0.3 is 0 Å². The van der Waals surface area contributed by atoms with Gasteiger partial charge in [-0.15, -0.1) is 0 Å². The molecule has 2 aromatic heterocycles. The Balaban J connectivity index is 1.12.